The second kappa shape index (κ2) is 63.2. The summed E-state index contributed by atoms with van der Waals surface area (Å²) in [6.07, 6.45) is 2.21. The van der Waals surface area contributed by atoms with E-state index in [1.165, 1.54) is 75.5 Å². The number of rotatable bonds is 47. The van der Waals surface area contributed by atoms with Crippen LogP contribution in [-0.4, -0.2) is 280 Å². The number of hydrogen-bond acceptors (Lipinski definition) is 42. The minimum Gasteiger partial charge on any atom is -0.625 e. The largest absolute Gasteiger partial charge is 1.00 e. The van der Waals surface area contributed by atoms with Gasteiger partial charge in [0, 0.05) is 61.2 Å². The molecule has 0 aliphatic carbocycles. The number of hydrogen-bond donors (Lipinski definition) is 2. The molecule has 3 aliphatic heterocycles. The van der Waals surface area contributed by atoms with E-state index in [1.807, 2.05) is 42.9 Å². The van der Waals surface area contributed by atoms with Crippen LogP contribution in [0.3, 0.4) is 0 Å². The van der Waals surface area contributed by atoms with Crippen molar-refractivity contribution in [1.82, 2.24) is 0 Å². The van der Waals surface area contributed by atoms with Gasteiger partial charge in [-0.1, -0.05) is 90.7 Å². The number of methoxy groups -OCH3 is 3. The van der Waals surface area contributed by atoms with Crippen LogP contribution >= 0.6 is 22.0 Å². The van der Waals surface area contributed by atoms with Crippen molar-refractivity contribution in [3.05, 3.63) is 130 Å². The first-order valence-corrected chi connectivity index (χ1v) is 59.4. The zero-order valence-corrected chi connectivity index (χ0v) is 92.9. The van der Waals surface area contributed by atoms with Crippen LogP contribution in [0.4, 0.5) is 56.6 Å². The molecule has 3 fully saturated rings. The Morgan fingerprint density at radius 2 is 0.698 bits per heavy atom. The molecule has 149 heavy (non-hydrogen) atoms. The maximum absolute atomic E-state index is 12.9. The monoisotopic (exact) mass is 2360 g/mol. The maximum atomic E-state index is 12.9. The van der Waals surface area contributed by atoms with Gasteiger partial charge in [-0.2, -0.15) is 65.6 Å². The van der Waals surface area contributed by atoms with Crippen LogP contribution in [0, 0.1) is 0 Å². The number of carbonyl (C=O) groups excluding carboxylic acids is 6. The summed E-state index contributed by atoms with van der Waals surface area (Å²) in [5, 5.41) is 17.6. The summed E-state index contributed by atoms with van der Waals surface area (Å²) in [5.74, 6) is -7.49. The Labute approximate surface area is 923 Å². The zero-order chi connectivity index (χ0) is 110. The summed E-state index contributed by atoms with van der Waals surface area (Å²) in [6, 6.07) is 18.2. The van der Waals surface area contributed by atoms with Crippen LogP contribution in [0.1, 0.15) is 109 Å². The Balaban J connectivity index is -0.000000587. The molecule has 5 unspecified atom stereocenters. The van der Waals surface area contributed by atoms with Gasteiger partial charge in [-0.15, -0.1) is 7.65 Å². The van der Waals surface area contributed by atoms with E-state index in [-0.39, 0.29) is 213 Å². The molecule has 4 aromatic rings. The van der Waals surface area contributed by atoms with E-state index in [2.05, 4.69) is 26.8 Å². The molecule has 0 amide bonds. The van der Waals surface area contributed by atoms with E-state index in [4.69, 9.17) is 69.7 Å². The summed E-state index contributed by atoms with van der Waals surface area (Å²) in [6.45, 7) is 9.46. The Hall–Kier alpha value is -3.92. The van der Waals surface area contributed by atoms with Crippen LogP contribution in [0.15, 0.2) is 130 Å². The molecule has 4 aromatic carbocycles. The zero-order valence-electron chi connectivity index (χ0n) is 82.9. The van der Waals surface area contributed by atoms with E-state index in [0.29, 0.717) is 45.0 Å². The molecule has 1 spiro atoms. The number of sulfonamides is 7. The summed E-state index contributed by atoms with van der Waals surface area (Å²) in [7, 11) is -52.7. The fraction of sp³-hybridized carbons (Fsp3) is 0.565. The van der Waals surface area contributed by atoms with Crippen molar-refractivity contribution in [1.29, 1.82) is 0 Å². The molecule has 2 N–H and O–H groups in total. The molecule has 3 aliphatic rings. The molecule has 80 heteroatoms. The molecule has 0 aromatic heterocycles. The number of carbonyl (C=O) groups is 6. The smallest absolute Gasteiger partial charge is 0.625 e. The van der Waals surface area contributed by atoms with Crippen LogP contribution < -0.4 is 118 Å². The van der Waals surface area contributed by atoms with Crippen molar-refractivity contribution in [3.63, 3.8) is 0 Å². The molecule has 7 rings (SSSR count). The first-order chi connectivity index (χ1) is 65.3. The average Bonchev–Trinajstić information content (AvgIpc) is 1.50. The molecule has 0 bridgehead atoms. The van der Waals surface area contributed by atoms with E-state index in [0.717, 1.165) is 79.2 Å². The van der Waals surface area contributed by atoms with Crippen LogP contribution in [-0.2, 0) is 189 Å². The minimum absolute atomic E-state index is 0. The number of aliphatic hydroxyl groups excluding tert-OH is 1. The number of halogens is 13. The Kier molecular flexibility index (Phi) is 65.1. The Morgan fingerprint density at radius 3 is 0.953 bits per heavy atom. The van der Waals surface area contributed by atoms with Gasteiger partial charge in [0.25, 0.3) is 0 Å². The van der Waals surface area contributed by atoms with Crippen molar-refractivity contribution in [2.24, 2.45) is 13.0 Å². The number of alkyl halides is 12. The number of nitrogens with zero attached hydrogens (tertiary/aromatic N) is 7. The molecule has 48 nitrogen and oxygen atoms in total. The normalized spacial score (nSPS) is 16.7. The molecule has 0 radical (unpaired) electrons. The fourth-order valence-electron chi connectivity index (χ4n) is 9.86. The maximum Gasteiger partial charge on any atom is 1.00 e. The standard InChI is InChI=1S/C24H43F3N3O14P2S2.C12H13F6N2O5S3.C11H13F3NO4S2.C10H13FNO4S2.C7H8O8P.C5H8BO6.6Li/c1-28-46(43-21-18-40-15-12-37-4,29-45(5,41-19-16-38-13-10-35-2)42-20-17-39-14-11-36-3)44-22-6-8-23(9-7-22)47(31,32)30-48(33,34)24(25,26)27;1-3-8(2)9-4-6-10(7-5-9)26(21,22)19-27(23,11(13,14)15)20-28(24,25)12(16,17)18;1-3-8(2)9-4-6-10(7-5-9)20(16,17)15-21(18,19)11(12,13)14;1-3-8(2)9-4-6-10(7-5-9)17(13,14)12-18(11,15)16;1-3-16(2,12-4(8)5(9)13-16)14-6(10)7(11)15-16;7-3-1-2-6(10)11-4(8)5(9)12-6;;;;;;/h6-9H,10-21H2,1-5H3;4-8H,3H2,1-2H3;4-8H,3H2,1-2H3;4-8H,3H2,1-2H3;3H2,1-2H3;7,10H,1-3H2;;;;;;/q6*-1;6*+1. The van der Waals surface area contributed by atoms with E-state index in [9.17, 15) is 162 Å². The average molecular weight is 2360 g/mol. The SMILES string of the molecule is CCC(C)c1ccc(S(=O)(=O)[N-]S(=O)(=NS(=O)(=O)C(F)(F)F)C(F)(F)F)cc1.CCC(C)c1ccc(S(=O)(=O)[N-]S(=O)(=O)C(F)(F)F)cc1.CCC(C)c1ccc(S(=O)(=O)[N-]S(=O)(=O)F)cc1.CC[P-]12(C)(OC(=O)C(=O)O1)OC(=O)C(=O)O2.CN=P(N=P(C)(OCCOCCOC)OCCOCCOC)(OCCOCCOC)Oc1ccc(S(=O)(=O)[N-]S(=O)(=O)C(F)(F)F)cc1.O=C1O[B-](O)(CCCO)OC1=O.[Li+].[Li+].[Li+].[Li+].[Li+].[Li+]. The van der Waals surface area contributed by atoms with Gasteiger partial charge in [0.05, 0.1) is 89.2 Å². The van der Waals surface area contributed by atoms with Crippen molar-refractivity contribution in [2.75, 3.05) is 134 Å². The van der Waals surface area contributed by atoms with Gasteiger partial charge in [-0.05, 0) is 114 Å². The van der Waals surface area contributed by atoms with Crippen molar-refractivity contribution >= 4 is 155 Å². The summed E-state index contributed by atoms with van der Waals surface area (Å²) in [4.78, 5) is 62.4. The Bertz CT molecular complexity index is 6210. The molecule has 0 saturated carbocycles. The van der Waals surface area contributed by atoms with E-state index >= 15 is 0 Å². The van der Waals surface area contributed by atoms with Crippen LogP contribution in [0.25, 0.3) is 16.5 Å². The van der Waals surface area contributed by atoms with Gasteiger partial charge in [-0.25, -0.2) is 73.3 Å². The first-order valence-electron chi connectivity index (χ1n) is 39.9. The molecule has 5 atom stereocenters. The number of benzene rings is 4. The van der Waals surface area contributed by atoms with Gasteiger partial charge in [-0.3, -0.25) is 8.73 Å². The number of ether oxygens (including phenoxy) is 6. The van der Waals surface area contributed by atoms with Crippen LogP contribution in [0.2, 0.25) is 6.32 Å². The molecule has 3 heterocycles. The van der Waals surface area contributed by atoms with Crippen molar-refractivity contribution < 1.29 is 354 Å². The van der Waals surface area contributed by atoms with Crippen LogP contribution in [0.5, 0.6) is 5.75 Å². The van der Waals surface area contributed by atoms with Gasteiger partial charge < -0.3 is 77.9 Å². The second-order valence-electron chi connectivity index (χ2n) is 28.8. The molecule has 824 valence electrons. The quantitative estimate of drug-likeness (QED) is 0.0104. The predicted octanol–water partition coefficient (Wildman–Crippen LogP) is -6.13. The summed E-state index contributed by atoms with van der Waals surface area (Å²) in [5.41, 5.74) is -22.0. The third kappa shape index (κ3) is 48.4. The van der Waals surface area contributed by atoms with E-state index in [1.54, 1.807) is 25.7 Å². The molecular weight excluding hydrogens is 2260 g/mol. The number of aliphatic hydroxyl groups is 1. The van der Waals surface area contributed by atoms with E-state index < -0.39 is 192 Å². The summed E-state index contributed by atoms with van der Waals surface area (Å²) < 4.78 is 457. The predicted molar refractivity (Wildman–Crippen MR) is 477 cm³/mol. The van der Waals surface area contributed by atoms with Gasteiger partial charge in [0.2, 0.25) is 17.9 Å². The van der Waals surface area contributed by atoms with Gasteiger partial charge in [0.15, 0.2) is 20.0 Å². The summed E-state index contributed by atoms with van der Waals surface area (Å²) >= 11 is 0. The van der Waals surface area contributed by atoms with Crippen molar-refractivity contribution in [3.8, 4) is 5.75 Å². The minimum atomic E-state index is -6.94. The third-order valence-electron chi connectivity index (χ3n) is 18.1. The third-order valence-corrected chi connectivity index (χ3v) is 41.2. The molecular formula is C69H98BF13Li6N7O41P3S9. The van der Waals surface area contributed by atoms with Gasteiger partial charge in [0.1, 0.15) is 45.8 Å². The topological polar surface area (TPSA) is 674 Å². The van der Waals surface area contributed by atoms with Gasteiger partial charge >= 0.3 is 259 Å². The fourth-order valence-corrected chi connectivity index (χ4v) is 27.9. The second-order valence-corrected chi connectivity index (χ2v) is 54.1. The molecule has 3 saturated heterocycles. The Morgan fingerprint density at radius 1 is 0.416 bits per heavy atom. The first kappa shape index (κ1) is 153. The van der Waals surface area contributed by atoms with Crippen molar-refractivity contribution in [2.45, 2.75) is 140 Å².